The van der Waals surface area contributed by atoms with Crippen LogP contribution in [0.2, 0.25) is 0 Å². The van der Waals surface area contributed by atoms with Gasteiger partial charge in [-0.25, -0.2) is 4.79 Å². The zero-order valence-corrected chi connectivity index (χ0v) is 17.7. The maximum Gasteiger partial charge on any atom is 0.409 e. The zero-order valence-electron chi connectivity index (χ0n) is 17.7. The van der Waals surface area contributed by atoms with Crippen LogP contribution in [0, 0.1) is 0 Å². The van der Waals surface area contributed by atoms with Gasteiger partial charge < -0.3 is 14.1 Å². The standard InChI is InChI=1S/C27H25NO3/c1-18(15-20-16-19-9-3-8-14-26(19)31-20)28(2)27(29)30-17-25-23-12-6-4-10-21(23)22-11-5-7-13-24(22)25/h3-14,16,18,25H,15,17H2,1-2H3/t18-/m1/s1. The number of furan rings is 1. The van der Waals surface area contributed by atoms with Crippen molar-refractivity contribution in [1.29, 1.82) is 0 Å². The molecule has 1 heterocycles. The summed E-state index contributed by atoms with van der Waals surface area (Å²) >= 11 is 0. The molecule has 0 fully saturated rings. The van der Waals surface area contributed by atoms with Gasteiger partial charge in [0.05, 0.1) is 0 Å². The summed E-state index contributed by atoms with van der Waals surface area (Å²) in [6, 6.07) is 26.7. The van der Waals surface area contributed by atoms with E-state index in [1.807, 2.05) is 49.4 Å². The van der Waals surface area contributed by atoms with Gasteiger partial charge in [0.1, 0.15) is 18.0 Å². The smallest absolute Gasteiger partial charge is 0.409 e. The maximum absolute atomic E-state index is 12.8. The molecule has 1 aliphatic rings. The van der Waals surface area contributed by atoms with E-state index in [1.54, 1.807) is 11.9 Å². The molecule has 1 aromatic heterocycles. The van der Waals surface area contributed by atoms with Gasteiger partial charge in [-0.15, -0.1) is 0 Å². The molecule has 0 unspecified atom stereocenters. The normalized spacial score (nSPS) is 13.6. The molecule has 4 heteroatoms. The first kappa shape index (κ1) is 19.4. The summed E-state index contributed by atoms with van der Waals surface area (Å²) < 4.78 is 11.7. The van der Waals surface area contributed by atoms with Gasteiger partial charge in [0.2, 0.25) is 0 Å². The minimum Gasteiger partial charge on any atom is -0.461 e. The Labute approximate surface area is 182 Å². The highest BCUT2D eigenvalue weighted by Crippen LogP contribution is 2.44. The minimum absolute atomic E-state index is 0.0452. The molecule has 156 valence electrons. The number of fused-ring (bicyclic) bond motifs is 4. The van der Waals surface area contributed by atoms with Crippen molar-refractivity contribution in [2.75, 3.05) is 13.7 Å². The van der Waals surface area contributed by atoms with Crippen LogP contribution in [0.1, 0.15) is 29.7 Å². The Hall–Kier alpha value is -3.53. The van der Waals surface area contributed by atoms with E-state index in [2.05, 4.69) is 36.4 Å². The van der Waals surface area contributed by atoms with E-state index >= 15 is 0 Å². The van der Waals surface area contributed by atoms with Crippen LogP contribution in [0.5, 0.6) is 0 Å². The van der Waals surface area contributed by atoms with Gasteiger partial charge in [0.25, 0.3) is 0 Å². The molecule has 4 nitrogen and oxygen atoms in total. The third kappa shape index (κ3) is 3.59. The Bertz CT molecular complexity index is 1160. The van der Waals surface area contributed by atoms with Crippen LogP contribution in [0.15, 0.2) is 83.3 Å². The second-order valence-corrected chi connectivity index (χ2v) is 8.22. The molecule has 5 rings (SSSR count). The van der Waals surface area contributed by atoms with Crippen molar-refractivity contribution in [3.8, 4) is 11.1 Å². The number of hydrogen-bond donors (Lipinski definition) is 0. The number of rotatable bonds is 5. The fourth-order valence-corrected chi connectivity index (χ4v) is 4.44. The molecule has 0 aliphatic heterocycles. The summed E-state index contributed by atoms with van der Waals surface area (Å²) in [5, 5.41) is 1.08. The lowest BCUT2D eigenvalue weighted by Crippen LogP contribution is -2.37. The molecule has 1 atom stereocenters. The molecule has 0 saturated carbocycles. The number of carbonyl (C=O) groups excluding carboxylic acids is 1. The first-order valence-corrected chi connectivity index (χ1v) is 10.7. The fourth-order valence-electron chi connectivity index (χ4n) is 4.44. The van der Waals surface area contributed by atoms with Crippen molar-refractivity contribution in [2.45, 2.75) is 25.3 Å². The van der Waals surface area contributed by atoms with Crippen molar-refractivity contribution in [1.82, 2.24) is 4.90 Å². The zero-order chi connectivity index (χ0) is 21.4. The van der Waals surface area contributed by atoms with E-state index < -0.39 is 0 Å². The highest BCUT2D eigenvalue weighted by molar-refractivity contribution is 5.79. The van der Waals surface area contributed by atoms with Crippen LogP contribution >= 0.6 is 0 Å². The van der Waals surface area contributed by atoms with Gasteiger partial charge in [-0.2, -0.15) is 0 Å². The molecule has 31 heavy (non-hydrogen) atoms. The summed E-state index contributed by atoms with van der Waals surface area (Å²) in [4.78, 5) is 14.5. The number of nitrogens with zero attached hydrogens (tertiary/aromatic N) is 1. The lowest BCUT2D eigenvalue weighted by Gasteiger charge is -2.24. The number of amides is 1. The van der Waals surface area contributed by atoms with E-state index in [4.69, 9.17) is 9.15 Å². The quantitative estimate of drug-likeness (QED) is 0.390. The van der Waals surface area contributed by atoms with Crippen LogP contribution < -0.4 is 0 Å². The molecule has 4 aromatic rings. The third-order valence-corrected chi connectivity index (χ3v) is 6.26. The van der Waals surface area contributed by atoms with Crippen molar-refractivity contribution >= 4 is 17.1 Å². The average Bonchev–Trinajstić information content (AvgIpc) is 3.35. The Balaban J connectivity index is 1.26. The molecular weight excluding hydrogens is 386 g/mol. The first-order chi connectivity index (χ1) is 15.1. The molecule has 0 spiro atoms. The molecule has 0 N–H and O–H groups in total. The van der Waals surface area contributed by atoms with Crippen molar-refractivity contribution in [2.24, 2.45) is 0 Å². The Kier molecular flexibility index (Phi) is 4.99. The van der Waals surface area contributed by atoms with E-state index in [0.717, 1.165) is 16.7 Å². The van der Waals surface area contributed by atoms with Crippen molar-refractivity contribution < 1.29 is 13.9 Å². The predicted molar refractivity (Wildman–Crippen MR) is 122 cm³/mol. The summed E-state index contributed by atoms with van der Waals surface area (Å²) in [5.74, 6) is 0.933. The highest BCUT2D eigenvalue weighted by atomic mass is 16.6. The molecule has 3 aromatic carbocycles. The number of hydrogen-bond acceptors (Lipinski definition) is 3. The van der Waals surface area contributed by atoms with Crippen LogP contribution in [-0.2, 0) is 11.2 Å². The second-order valence-electron chi connectivity index (χ2n) is 8.22. The summed E-state index contributed by atoms with van der Waals surface area (Å²) in [7, 11) is 1.78. The number of likely N-dealkylation sites (N-methyl/N-ethyl adjacent to an activating group) is 1. The van der Waals surface area contributed by atoms with Crippen molar-refractivity contribution in [3.05, 3.63) is 95.7 Å². The number of para-hydroxylation sites is 1. The van der Waals surface area contributed by atoms with E-state index in [0.29, 0.717) is 13.0 Å². The summed E-state index contributed by atoms with van der Waals surface area (Å²) in [6.45, 7) is 2.34. The lowest BCUT2D eigenvalue weighted by atomic mass is 9.98. The second kappa shape index (κ2) is 7.95. The summed E-state index contributed by atoms with van der Waals surface area (Å²) in [5.41, 5.74) is 5.76. The highest BCUT2D eigenvalue weighted by Gasteiger charge is 2.30. The van der Waals surface area contributed by atoms with Gasteiger partial charge in [-0.05, 0) is 41.3 Å². The minimum atomic E-state index is -0.314. The monoisotopic (exact) mass is 411 g/mol. The topological polar surface area (TPSA) is 42.7 Å². The van der Waals surface area contributed by atoms with Gasteiger partial charge in [-0.3, -0.25) is 0 Å². The Morgan fingerprint density at radius 3 is 2.26 bits per heavy atom. The predicted octanol–water partition coefficient (Wildman–Crippen LogP) is 6.24. The third-order valence-electron chi connectivity index (χ3n) is 6.26. The van der Waals surface area contributed by atoms with Gasteiger partial charge in [-0.1, -0.05) is 66.7 Å². The number of benzene rings is 3. The van der Waals surface area contributed by atoms with E-state index in [9.17, 15) is 4.79 Å². The fraction of sp³-hybridized carbons (Fsp3) is 0.222. The van der Waals surface area contributed by atoms with E-state index in [-0.39, 0.29) is 18.1 Å². The summed E-state index contributed by atoms with van der Waals surface area (Å²) in [6.07, 6.45) is 0.320. The molecule has 0 radical (unpaired) electrons. The van der Waals surface area contributed by atoms with E-state index in [1.165, 1.54) is 22.3 Å². The van der Waals surface area contributed by atoms with Crippen LogP contribution in [0.3, 0.4) is 0 Å². The SMILES string of the molecule is C[C@H](Cc1cc2ccccc2o1)N(C)C(=O)OCC1c2ccccc2-c2ccccc21. The van der Waals surface area contributed by atoms with Gasteiger partial charge >= 0.3 is 6.09 Å². The molecule has 0 saturated heterocycles. The first-order valence-electron chi connectivity index (χ1n) is 10.7. The maximum atomic E-state index is 12.8. The van der Waals surface area contributed by atoms with Crippen molar-refractivity contribution in [3.63, 3.8) is 0 Å². The molecule has 1 aliphatic carbocycles. The number of carbonyl (C=O) groups is 1. The Morgan fingerprint density at radius 1 is 0.968 bits per heavy atom. The Morgan fingerprint density at radius 2 is 1.58 bits per heavy atom. The average molecular weight is 412 g/mol. The molecular formula is C27H25NO3. The molecule has 0 bridgehead atoms. The number of ether oxygens (including phenoxy) is 1. The molecule has 1 amide bonds. The largest absolute Gasteiger partial charge is 0.461 e. The lowest BCUT2D eigenvalue weighted by molar-refractivity contribution is 0.0963. The van der Waals surface area contributed by atoms with Crippen LogP contribution in [-0.4, -0.2) is 30.7 Å². The van der Waals surface area contributed by atoms with Crippen LogP contribution in [0.4, 0.5) is 4.79 Å². The van der Waals surface area contributed by atoms with Gasteiger partial charge in [0.15, 0.2) is 0 Å². The van der Waals surface area contributed by atoms with Gasteiger partial charge in [0, 0.05) is 30.8 Å². The van der Waals surface area contributed by atoms with Crippen LogP contribution in [0.25, 0.3) is 22.1 Å².